The van der Waals surface area contributed by atoms with Gasteiger partial charge in [-0.05, 0) is 41.5 Å². The van der Waals surface area contributed by atoms with Crippen molar-refractivity contribution < 1.29 is 13.9 Å². The van der Waals surface area contributed by atoms with Crippen molar-refractivity contribution in [2.24, 2.45) is 0 Å². The molecule has 3 rings (SSSR count). The normalized spacial score (nSPS) is 13.1. The van der Waals surface area contributed by atoms with Crippen molar-refractivity contribution in [3.8, 4) is 17.6 Å². The van der Waals surface area contributed by atoms with E-state index < -0.39 is 0 Å². The van der Waals surface area contributed by atoms with Gasteiger partial charge in [0.2, 0.25) is 6.79 Å². The van der Waals surface area contributed by atoms with Crippen molar-refractivity contribution in [3.05, 3.63) is 57.8 Å². The molecule has 0 unspecified atom stereocenters. The summed E-state index contributed by atoms with van der Waals surface area (Å²) in [6, 6.07) is 11.6. The van der Waals surface area contributed by atoms with Crippen LogP contribution < -0.4 is 9.47 Å². The van der Waals surface area contributed by atoms with E-state index in [1.807, 2.05) is 0 Å². The molecule has 1 heterocycles. The van der Waals surface area contributed by atoms with Crippen LogP contribution in [0, 0.1) is 17.1 Å². The maximum atomic E-state index is 13.3. The van der Waals surface area contributed by atoms with Gasteiger partial charge in [-0.3, -0.25) is 0 Å². The lowest BCUT2D eigenvalue weighted by Crippen LogP contribution is -1.92. The Hall–Kier alpha value is -2.32. The van der Waals surface area contributed by atoms with Gasteiger partial charge in [-0.15, -0.1) is 0 Å². The number of nitrogens with zero attached hydrogens (tertiary/aromatic N) is 1. The molecule has 0 atom stereocenters. The molecule has 21 heavy (non-hydrogen) atoms. The molecule has 0 saturated carbocycles. The minimum Gasteiger partial charge on any atom is -0.454 e. The monoisotopic (exact) mass is 345 g/mol. The van der Waals surface area contributed by atoms with Crippen molar-refractivity contribution >= 4 is 27.6 Å². The number of rotatable bonds is 2. The van der Waals surface area contributed by atoms with E-state index in [1.165, 1.54) is 12.1 Å². The molecule has 1 aliphatic rings. The third-order valence-electron chi connectivity index (χ3n) is 3.05. The number of ether oxygens (including phenoxy) is 2. The SMILES string of the molecule is N#C/C(=C\c1cc2c(cc1Br)OCO2)c1cccc(F)c1. The topological polar surface area (TPSA) is 42.2 Å². The van der Waals surface area contributed by atoms with Gasteiger partial charge in [-0.25, -0.2) is 4.39 Å². The standard InChI is InChI=1S/C16H9BrFNO2/c17-14-7-16-15(20-9-21-16)6-11(14)4-12(8-19)10-2-1-3-13(18)5-10/h1-7H,9H2/b12-4+. The second-order valence-electron chi connectivity index (χ2n) is 4.41. The zero-order chi connectivity index (χ0) is 14.8. The quantitative estimate of drug-likeness (QED) is 0.599. The van der Waals surface area contributed by atoms with E-state index in [0.717, 1.165) is 10.0 Å². The smallest absolute Gasteiger partial charge is 0.231 e. The van der Waals surface area contributed by atoms with Crippen molar-refractivity contribution in [2.75, 3.05) is 6.79 Å². The second-order valence-corrected chi connectivity index (χ2v) is 5.26. The van der Waals surface area contributed by atoms with E-state index in [1.54, 1.807) is 30.3 Å². The fourth-order valence-electron chi connectivity index (χ4n) is 2.04. The summed E-state index contributed by atoms with van der Waals surface area (Å²) in [7, 11) is 0. The molecule has 2 aromatic rings. The molecular formula is C16H9BrFNO2. The Morgan fingerprint density at radius 2 is 2.00 bits per heavy atom. The van der Waals surface area contributed by atoms with Crippen molar-refractivity contribution in [1.82, 2.24) is 0 Å². The number of benzene rings is 2. The van der Waals surface area contributed by atoms with Crippen LogP contribution in [0.15, 0.2) is 40.9 Å². The van der Waals surface area contributed by atoms with E-state index in [0.29, 0.717) is 22.6 Å². The van der Waals surface area contributed by atoms with Gasteiger partial charge in [0.15, 0.2) is 11.5 Å². The van der Waals surface area contributed by atoms with Crippen LogP contribution in [0.5, 0.6) is 11.5 Å². The highest BCUT2D eigenvalue weighted by atomic mass is 79.9. The minimum atomic E-state index is -0.376. The molecule has 0 aromatic heterocycles. The van der Waals surface area contributed by atoms with Crippen LogP contribution in [0.25, 0.3) is 11.6 Å². The lowest BCUT2D eigenvalue weighted by atomic mass is 10.0. The minimum absolute atomic E-state index is 0.184. The molecule has 0 spiro atoms. The second kappa shape index (κ2) is 5.58. The van der Waals surface area contributed by atoms with Crippen LogP contribution in [-0.2, 0) is 0 Å². The van der Waals surface area contributed by atoms with Crippen LogP contribution in [0.4, 0.5) is 4.39 Å². The van der Waals surface area contributed by atoms with Gasteiger partial charge in [0.25, 0.3) is 0 Å². The van der Waals surface area contributed by atoms with E-state index in [-0.39, 0.29) is 12.6 Å². The van der Waals surface area contributed by atoms with E-state index in [2.05, 4.69) is 22.0 Å². The summed E-state index contributed by atoms with van der Waals surface area (Å²) >= 11 is 3.43. The number of nitriles is 1. The molecule has 5 heteroatoms. The molecule has 0 N–H and O–H groups in total. The Kier molecular flexibility index (Phi) is 3.63. The summed E-state index contributed by atoms with van der Waals surface area (Å²) < 4.78 is 24.7. The Balaban J connectivity index is 2.06. The maximum absolute atomic E-state index is 13.3. The van der Waals surface area contributed by atoms with Crippen LogP contribution in [0.3, 0.4) is 0 Å². The number of hydrogen-bond acceptors (Lipinski definition) is 3. The first-order chi connectivity index (χ1) is 10.2. The molecule has 1 aliphatic heterocycles. The average Bonchev–Trinajstić information content (AvgIpc) is 2.91. The third-order valence-corrected chi connectivity index (χ3v) is 3.73. The van der Waals surface area contributed by atoms with E-state index >= 15 is 0 Å². The number of fused-ring (bicyclic) bond motifs is 1. The maximum Gasteiger partial charge on any atom is 0.231 e. The first-order valence-electron chi connectivity index (χ1n) is 6.14. The molecule has 3 nitrogen and oxygen atoms in total. The van der Waals surface area contributed by atoms with Crippen molar-refractivity contribution in [3.63, 3.8) is 0 Å². The van der Waals surface area contributed by atoms with Crippen LogP contribution in [-0.4, -0.2) is 6.79 Å². The highest BCUT2D eigenvalue weighted by Gasteiger charge is 2.16. The fraction of sp³-hybridized carbons (Fsp3) is 0.0625. The molecular weight excluding hydrogens is 337 g/mol. The molecule has 0 fully saturated rings. The van der Waals surface area contributed by atoms with Gasteiger partial charge in [0, 0.05) is 4.47 Å². The summed E-state index contributed by atoms with van der Waals surface area (Å²) in [4.78, 5) is 0. The molecule has 104 valence electrons. The summed E-state index contributed by atoms with van der Waals surface area (Å²) in [6.45, 7) is 0.184. The van der Waals surface area contributed by atoms with Gasteiger partial charge in [-0.1, -0.05) is 28.1 Å². The number of hydrogen-bond donors (Lipinski definition) is 0. The lowest BCUT2D eigenvalue weighted by molar-refractivity contribution is 0.174. The molecule has 0 aliphatic carbocycles. The summed E-state index contributed by atoms with van der Waals surface area (Å²) in [5.41, 5.74) is 1.66. The molecule has 0 amide bonds. The molecule has 0 bridgehead atoms. The highest BCUT2D eigenvalue weighted by Crippen LogP contribution is 2.38. The Morgan fingerprint density at radius 1 is 1.24 bits per heavy atom. The summed E-state index contributed by atoms with van der Waals surface area (Å²) in [6.07, 6.45) is 1.68. The average molecular weight is 346 g/mol. The van der Waals surface area contributed by atoms with Gasteiger partial charge in [0.05, 0.1) is 11.6 Å². The first kappa shape index (κ1) is 13.7. The summed E-state index contributed by atoms with van der Waals surface area (Å²) in [5, 5.41) is 9.30. The van der Waals surface area contributed by atoms with Gasteiger partial charge < -0.3 is 9.47 Å². The molecule has 0 saturated heterocycles. The zero-order valence-electron chi connectivity index (χ0n) is 10.8. The van der Waals surface area contributed by atoms with Crippen molar-refractivity contribution in [2.45, 2.75) is 0 Å². The van der Waals surface area contributed by atoms with E-state index in [9.17, 15) is 9.65 Å². The zero-order valence-corrected chi connectivity index (χ0v) is 12.4. The fourth-order valence-corrected chi connectivity index (χ4v) is 2.47. The molecule has 2 aromatic carbocycles. The Bertz CT molecular complexity index is 780. The van der Waals surface area contributed by atoms with Crippen molar-refractivity contribution in [1.29, 1.82) is 5.26 Å². The predicted octanol–water partition coefficient (Wildman–Crippen LogP) is 4.38. The largest absolute Gasteiger partial charge is 0.454 e. The Labute approximate surface area is 129 Å². The van der Waals surface area contributed by atoms with Crippen LogP contribution >= 0.6 is 15.9 Å². The third kappa shape index (κ3) is 2.76. The van der Waals surface area contributed by atoms with Gasteiger partial charge >= 0.3 is 0 Å². The lowest BCUT2D eigenvalue weighted by Gasteiger charge is -2.04. The molecule has 0 radical (unpaired) electrons. The van der Waals surface area contributed by atoms with Crippen LogP contribution in [0.2, 0.25) is 0 Å². The van der Waals surface area contributed by atoms with E-state index in [4.69, 9.17) is 9.47 Å². The summed E-state index contributed by atoms with van der Waals surface area (Å²) in [5.74, 6) is 0.905. The van der Waals surface area contributed by atoms with Gasteiger partial charge in [-0.2, -0.15) is 5.26 Å². The number of halogens is 2. The highest BCUT2D eigenvalue weighted by molar-refractivity contribution is 9.10. The number of allylic oxidation sites excluding steroid dienone is 1. The first-order valence-corrected chi connectivity index (χ1v) is 6.93. The Morgan fingerprint density at radius 3 is 2.71 bits per heavy atom. The van der Waals surface area contributed by atoms with Gasteiger partial charge in [0.1, 0.15) is 5.82 Å². The predicted molar refractivity (Wildman–Crippen MR) is 80.1 cm³/mol. The van der Waals surface area contributed by atoms with Crippen LogP contribution in [0.1, 0.15) is 11.1 Å².